The van der Waals surface area contributed by atoms with Crippen LogP contribution in [0.5, 0.6) is 5.75 Å². The quantitative estimate of drug-likeness (QED) is 0.796. The maximum atomic E-state index is 6.23. The highest BCUT2D eigenvalue weighted by molar-refractivity contribution is 5.37. The van der Waals surface area contributed by atoms with Gasteiger partial charge >= 0.3 is 0 Å². The Morgan fingerprint density at radius 3 is 2.57 bits per heavy atom. The summed E-state index contributed by atoms with van der Waals surface area (Å²) < 4.78 is 5.31. The van der Waals surface area contributed by atoms with Gasteiger partial charge in [-0.1, -0.05) is 25.1 Å². The van der Waals surface area contributed by atoms with E-state index in [4.69, 9.17) is 10.5 Å². The molecule has 2 rings (SSSR count). The largest absolute Gasteiger partial charge is 0.496 e. The lowest BCUT2D eigenvalue weighted by molar-refractivity contribution is 0.385. The molecule has 0 spiro atoms. The third-order valence-corrected chi connectivity index (χ3v) is 3.26. The monoisotopic (exact) mass is 191 g/mol. The fourth-order valence-corrected chi connectivity index (χ4v) is 1.81. The Bertz CT molecular complexity index is 331. The van der Waals surface area contributed by atoms with E-state index >= 15 is 0 Å². The summed E-state index contributed by atoms with van der Waals surface area (Å²) >= 11 is 0. The maximum Gasteiger partial charge on any atom is 0.123 e. The van der Waals surface area contributed by atoms with Crippen molar-refractivity contribution in [3.05, 3.63) is 29.8 Å². The molecule has 2 heteroatoms. The van der Waals surface area contributed by atoms with Gasteiger partial charge in [-0.15, -0.1) is 0 Å². The minimum absolute atomic E-state index is 0.110. The summed E-state index contributed by atoms with van der Waals surface area (Å²) in [5.74, 6) is 0.910. The molecular formula is C12H17NO. The molecule has 14 heavy (non-hydrogen) atoms. The molecule has 2 nitrogen and oxygen atoms in total. The SMILES string of the molecule is COc1ccccc1C(N)C1(C)CC1. The zero-order chi connectivity index (χ0) is 10.2. The summed E-state index contributed by atoms with van der Waals surface area (Å²) in [7, 11) is 1.70. The minimum Gasteiger partial charge on any atom is -0.496 e. The van der Waals surface area contributed by atoms with E-state index < -0.39 is 0 Å². The standard InChI is InChI=1S/C12H17NO/c1-12(7-8-12)11(13)9-5-3-4-6-10(9)14-2/h3-6,11H,7-8,13H2,1-2H3. The number of hydrogen-bond acceptors (Lipinski definition) is 2. The lowest BCUT2D eigenvalue weighted by Crippen LogP contribution is -2.20. The van der Waals surface area contributed by atoms with Crippen molar-refractivity contribution in [3.8, 4) is 5.75 Å². The first-order valence-corrected chi connectivity index (χ1v) is 5.06. The van der Waals surface area contributed by atoms with Gasteiger partial charge in [0, 0.05) is 11.6 Å². The van der Waals surface area contributed by atoms with Crippen LogP contribution in [-0.4, -0.2) is 7.11 Å². The summed E-state index contributed by atoms with van der Waals surface area (Å²) in [5.41, 5.74) is 7.67. The average molecular weight is 191 g/mol. The van der Waals surface area contributed by atoms with Gasteiger partial charge in [-0.2, -0.15) is 0 Å². The highest BCUT2D eigenvalue weighted by Crippen LogP contribution is 2.54. The smallest absolute Gasteiger partial charge is 0.123 e. The molecule has 1 aliphatic carbocycles. The molecular weight excluding hydrogens is 174 g/mol. The van der Waals surface area contributed by atoms with E-state index in [0.29, 0.717) is 5.41 Å². The molecule has 1 atom stereocenters. The highest BCUT2D eigenvalue weighted by atomic mass is 16.5. The Morgan fingerprint density at radius 1 is 1.36 bits per heavy atom. The Balaban J connectivity index is 2.30. The van der Waals surface area contributed by atoms with Gasteiger partial charge in [0.05, 0.1) is 7.11 Å². The van der Waals surface area contributed by atoms with Crippen molar-refractivity contribution in [3.63, 3.8) is 0 Å². The second-order valence-electron chi connectivity index (χ2n) is 4.37. The van der Waals surface area contributed by atoms with Crippen LogP contribution >= 0.6 is 0 Å². The topological polar surface area (TPSA) is 35.2 Å². The Morgan fingerprint density at radius 2 is 2.00 bits per heavy atom. The van der Waals surface area contributed by atoms with Crippen molar-refractivity contribution in [1.82, 2.24) is 0 Å². The van der Waals surface area contributed by atoms with Crippen molar-refractivity contribution in [1.29, 1.82) is 0 Å². The van der Waals surface area contributed by atoms with Crippen LogP contribution in [0.2, 0.25) is 0 Å². The van der Waals surface area contributed by atoms with E-state index in [0.717, 1.165) is 11.3 Å². The average Bonchev–Trinajstić information content (AvgIpc) is 2.97. The third kappa shape index (κ3) is 1.50. The van der Waals surface area contributed by atoms with E-state index in [2.05, 4.69) is 13.0 Å². The van der Waals surface area contributed by atoms with Crippen LogP contribution in [0.4, 0.5) is 0 Å². The maximum absolute atomic E-state index is 6.23. The van der Waals surface area contributed by atoms with Gasteiger partial charge in [0.1, 0.15) is 5.75 Å². The second-order valence-corrected chi connectivity index (χ2v) is 4.37. The molecule has 1 fully saturated rings. The minimum atomic E-state index is 0.110. The summed E-state index contributed by atoms with van der Waals surface area (Å²) in [6.45, 7) is 2.24. The van der Waals surface area contributed by atoms with E-state index in [-0.39, 0.29) is 6.04 Å². The molecule has 0 aliphatic heterocycles. The first kappa shape index (κ1) is 9.53. The number of hydrogen-bond donors (Lipinski definition) is 1. The zero-order valence-corrected chi connectivity index (χ0v) is 8.79. The number of nitrogens with two attached hydrogens (primary N) is 1. The molecule has 0 heterocycles. The third-order valence-electron chi connectivity index (χ3n) is 3.26. The van der Waals surface area contributed by atoms with Crippen LogP contribution in [0, 0.1) is 5.41 Å². The molecule has 0 amide bonds. The van der Waals surface area contributed by atoms with Gasteiger partial charge in [-0.05, 0) is 24.3 Å². The number of methoxy groups -OCH3 is 1. The summed E-state index contributed by atoms with van der Waals surface area (Å²) in [6, 6.07) is 8.14. The predicted octanol–water partition coefficient (Wildman–Crippen LogP) is 2.50. The molecule has 1 saturated carbocycles. The number of benzene rings is 1. The Labute approximate surface area is 85.1 Å². The van der Waals surface area contributed by atoms with E-state index in [1.807, 2.05) is 18.2 Å². The molecule has 0 radical (unpaired) electrons. The number of para-hydroxylation sites is 1. The fourth-order valence-electron chi connectivity index (χ4n) is 1.81. The van der Waals surface area contributed by atoms with Gasteiger partial charge in [0.2, 0.25) is 0 Å². The molecule has 1 aromatic rings. The van der Waals surface area contributed by atoms with Crippen LogP contribution in [0.3, 0.4) is 0 Å². The Kier molecular flexibility index (Phi) is 2.23. The van der Waals surface area contributed by atoms with Crippen molar-refractivity contribution >= 4 is 0 Å². The van der Waals surface area contributed by atoms with E-state index in [1.165, 1.54) is 12.8 Å². The summed E-state index contributed by atoms with van der Waals surface area (Å²) in [4.78, 5) is 0. The van der Waals surface area contributed by atoms with Gasteiger partial charge < -0.3 is 10.5 Å². The van der Waals surface area contributed by atoms with Crippen molar-refractivity contribution < 1.29 is 4.74 Å². The van der Waals surface area contributed by atoms with Crippen LogP contribution < -0.4 is 10.5 Å². The zero-order valence-electron chi connectivity index (χ0n) is 8.79. The van der Waals surface area contributed by atoms with Crippen molar-refractivity contribution in [2.24, 2.45) is 11.1 Å². The predicted molar refractivity (Wildman–Crippen MR) is 57.3 cm³/mol. The lowest BCUT2D eigenvalue weighted by atomic mass is 9.92. The molecule has 76 valence electrons. The van der Waals surface area contributed by atoms with Crippen LogP contribution in [0.15, 0.2) is 24.3 Å². The molecule has 1 aliphatic rings. The summed E-state index contributed by atoms with van der Waals surface area (Å²) in [5, 5.41) is 0. The normalized spacial score (nSPS) is 20.2. The second kappa shape index (κ2) is 3.28. The van der Waals surface area contributed by atoms with E-state index in [9.17, 15) is 0 Å². The summed E-state index contributed by atoms with van der Waals surface area (Å²) in [6.07, 6.45) is 2.46. The van der Waals surface area contributed by atoms with Gasteiger partial charge in [0.25, 0.3) is 0 Å². The molecule has 0 saturated heterocycles. The molecule has 0 bridgehead atoms. The molecule has 1 unspecified atom stereocenters. The van der Waals surface area contributed by atoms with Crippen molar-refractivity contribution in [2.45, 2.75) is 25.8 Å². The first-order chi connectivity index (χ1) is 6.67. The van der Waals surface area contributed by atoms with Crippen LogP contribution in [0.1, 0.15) is 31.4 Å². The molecule has 0 aromatic heterocycles. The van der Waals surface area contributed by atoms with Crippen LogP contribution in [-0.2, 0) is 0 Å². The molecule has 1 aromatic carbocycles. The fraction of sp³-hybridized carbons (Fsp3) is 0.500. The Hall–Kier alpha value is -1.02. The van der Waals surface area contributed by atoms with Gasteiger partial charge in [-0.3, -0.25) is 0 Å². The van der Waals surface area contributed by atoms with Crippen LogP contribution in [0.25, 0.3) is 0 Å². The van der Waals surface area contributed by atoms with Gasteiger partial charge in [0.15, 0.2) is 0 Å². The van der Waals surface area contributed by atoms with Crippen molar-refractivity contribution in [2.75, 3.05) is 7.11 Å². The lowest BCUT2D eigenvalue weighted by Gasteiger charge is -2.21. The first-order valence-electron chi connectivity index (χ1n) is 5.06. The van der Waals surface area contributed by atoms with E-state index in [1.54, 1.807) is 7.11 Å². The van der Waals surface area contributed by atoms with Gasteiger partial charge in [-0.25, -0.2) is 0 Å². The number of rotatable bonds is 3. The molecule has 2 N–H and O–H groups in total. The highest BCUT2D eigenvalue weighted by Gasteiger charge is 2.44. The number of ether oxygens (including phenoxy) is 1.